The summed E-state index contributed by atoms with van der Waals surface area (Å²) in [4.78, 5) is 0. The van der Waals surface area contributed by atoms with Crippen LogP contribution in [0, 0.1) is 53.4 Å². The van der Waals surface area contributed by atoms with Crippen molar-refractivity contribution in [3.63, 3.8) is 0 Å². The summed E-state index contributed by atoms with van der Waals surface area (Å²) < 4.78 is 0. The predicted molar refractivity (Wildman–Crippen MR) is 236 cm³/mol. The molecular formula is C52H64Cl2SiZr-2. The molecule has 6 aromatic carbocycles. The molecule has 0 saturated heterocycles. The van der Waals surface area contributed by atoms with E-state index >= 15 is 0 Å². The third-order valence-corrected chi connectivity index (χ3v) is 11.9. The van der Waals surface area contributed by atoms with Crippen LogP contribution in [0.25, 0.3) is 43.8 Å². The Kier molecular flexibility index (Phi) is 18.0. The normalized spacial score (nSPS) is 14.6. The van der Waals surface area contributed by atoms with Gasteiger partial charge in [0.1, 0.15) is 0 Å². The Labute approximate surface area is 367 Å². The maximum Gasteiger partial charge on any atom is -0.0274 e. The molecule has 2 fully saturated rings. The molecule has 0 aliphatic heterocycles. The van der Waals surface area contributed by atoms with Crippen LogP contribution in [0.4, 0.5) is 0 Å². The maximum absolute atomic E-state index is 2.48. The Morgan fingerprint density at radius 1 is 0.500 bits per heavy atom. The van der Waals surface area contributed by atoms with Gasteiger partial charge in [-0.2, -0.15) is 12.1 Å². The van der Waals surface area contributed by atoms with Gasteiger partial charge in [0.25, 0.3) is 0 Å². The van der Waals surface area contributed by atoms with Crippen molar-refractivity contribution in [1.82, 2.24) is 0 Å². The number of fused-ring (bicyclic) bond motifs is 2. The van der Waals surface area contributed by atoms with Crippen molar-refractivity contribution in [2.45, 2.75) is 132 Å². The summed E-state index contributed by atoms with van der Waals surface area (Å²) in [5.41, 5.74) is 17.0. The minimum Gasteiger partial charge on any atom is -1.00 e. The predicted octanol–water partition coefficient (Wildman–Crippen LogP) is 9.34. The van der Waals surface area contributed by atoms with Gasteiger partial charge in [0, 0.05) is 0 Å². The van der Waals surface area contributed by atoms with Crippen LogP contribution in [0.5, 0.6) is 0 Å². The van der Waals surface area contributed by atoms with Crippen molar-refractivity contribution in [1.29, 1.82) is 0 Å². The molecule has 0 bridgehead atoms. The van der Waals surface area contributed by atoms with E-state index in [9.17, 15) is 0 Å². The van der Waals surface area contributed by atoms with Gasteiger partial charge < -0.3 is 24.8 Å². The molecular weight excluding hydrogens is 815 g/mol. The van der Waals surface area contributed by atoms with Gasteiger partial charge in [0.05, 0.1) is 0 Å². The molecule has 56 heavy (non-hydrogen) atoms. The minimum absolute atomic E-state index is 0. The Morgan fingerprint density at radius 2 is 0.821 bits per heavy atom. The molecule has 0 amide bonds. The van der Waals surface area contributed by atoms with Gasteiger partial charge >= 0.3 is 41.9 Å². The van der Waals surface area contributed by atoms with Crippen LogP contribution in [0.15, 0.2) is 84.9 Å². The summed E-state index contributed by atoms with van der Waals surface area (Å²) in [5.74, 6) is 1.80. The monoisotopic (exact) mass is 876 g/mol. The number of hydrogen-bond donors (Lipinski definition) is 0. The van der Waals surface area contributed by atoms with E-state index in [1.807, 2.05) is 0 Å². The summed E-state index contributed by atoms with van der Waals surface area (Å²) >= 11 is 1.74. The van der Waals surface area contributed by atoms with Crippen molar-refractivity contribution >= 4 is 27.0 Å². The molecule has 2 aliphatic carbocycles. The molecule has 0 nitrogen and oxygen atoms in total. The second-order valence-electron chi connectivity index (χ2n) is 17.4. The molecule has 0 spiro atoms. The van der Waals surface area contributed by atoms with Gasteiger partial charge in [0.2, 0.25) is 0 Å². The summed E-state index contributed by atoms with van der Waals surface area (Å²) in [5, 5.41) is 5.77. The molecule has 0 unspecified atom stereocenters. The number of benzene rings is 4. The molecule has 0 N–H and O–H groups in total. The van der Waals surface area contributed by atoms with Crippen LogP contribution in [0.2, 0.25) is 13.1 Å². The van der Waals surface area contributed by atoms with E-state index in [-0.39, 0.29) is 30.2 Å². The molecule has 0 heterocycles. The molecule has 296 valence electrons. The quantitative estimate of drug-likeness (QED) is 0.116. The third-order valence-electron chi connectivity index (χ3n) is 11.9. The standard InChI is InChI=1S/2C25H29.C2H6Si.2ClH.Zr/c2*1-17-11-18(2)13-22(12-17)23-10-9-19(3)24-15-21(16-25(23)24)14-20-7-5-4-6-8-20;1-3-2;;;/h2*9-13,15-16,20H,4-8,14H2,1-3H3;1-2H3;2*1H;/q2*-1;;;;+2/p-2. The summed E-state index contributed by atoms with van der Waals surface area (Å²) in [7, 11) is 0. The molecule has 0 aromatic heterocycles. The fourth-order valence-corrected chi connectivity index (χ4v) is 9.46. The van der Waals surface area contributed by atoms with Crippen LogP contribution < -0.4 is 24.8 Å². The largest absolute Gasteiger partial charge is 1.00 e. The number of halogens is 2. The Hall–Kier alpha value is -2.22. The third kappa shape index (κ3) is 12.4. The van der Waals surface area contributed by atoms with Crippen molar-refractivity contribution in [2.24, 2.45) is 11.8 Å². The van der Waals surface area contributed by atoms with Gasteiger partial charge in [-0.05, 0) is 63.5 Å². The molecule has 2 saturated carbocycles. The van der Waals surface area contributed by atoms with E-state index < -0.39 is 0 Å². The second-order valence-corrected chi connectivity index (χ2v) is 26.8. The number of hydrogen-bond acceptors (Lipinski definition) is 0. The summed E-state index contributed by atoms with van der Waals surface area (Å²) in [6, 6.07) is 32.9. The zero-order valence-corrected chi connectivity index (χ0v) is 40.4. The van der Waals surface area contributed by atoms with Crippen LogP contribution in [0.1, 0.15) is 109 Å². The first kappa shape index (κ1) is 46.5. The average molecular weight is 879 g/mol. The van der Waals surface area contributed by atoms with E-state index in [1.54, 1.807) is 34.5 Å². The Balaban J connectivity index is 0.000000220. The van der Waals surface area contributed by atoms with Crippen molar-refractivity contribution < 1.29 is 48.1 Å². The fraction of sp³-hybridized carbons (Fsp3) is 0.423. The van der Waals surface area contributed by atoms with Gasteiger partial charge in [0.15, 0.2) is 0 Å². The zero-order valence-electron chi connectivity index (χ0n) is 35.5. The van der Waals surface area contributed by atoms with Gasteiger partial charge in [-0.15, -0.1) is 68.1 Å². The minimum atomic E-state index is 0. The molecule has 0 atom stereocenters. The molecule has 6 aromatic rings. The van der Waals surface area contributed by atoms with E-state index in [1.165, 1.54) is 154 Å². The summed E-state index contributed by atoms with van der Waals surface area (Å²) in [6.07, 6.45) is 16.8. The van der Waals surface area contributed by atoms with Crippen LogP contribution in [-0.4, -0.2) is 5.43 Å². The van der Waals surface area contributed by atoms with Gasteiger partial charge in [-0.1, -0.05) is 160 Å². The number of aryl methyl sites for hydroxylation is 6. The van der Waals surface area contributed by atoms with Crippen molar-refractivity contribution in [3.8, 4) is 22.3 Å². The molecule has 0 radical (unpaired) electrons. The molecule has 4 heteroatoms. The Morgan fingerprint density at radius 3 is 1.14 bits per heavy atom. The maximum atomic E-state index is 2.48. The number of rotatable bonds is 6. The van der Waals surface area contributed by atoms with Crippen LogP contribution in [0.3, 0.4) is 0 Å². The fourth-order valence-electron chi connectivity index (χ4n) is 9.46. The second kappa shape index (κ2) is 21.7. The first-order valence-electron chi connectivity index (χ1n) is 21.0. The van der Waals surface area contributed by atoms with Crippen molar-refractivity contribution in [2.75, 3.05) is 0 Å². The SMILES string of the molecule is C[Si](C)=[Zr+2].Cc1cc(C)cc(-c2ccc(C)c3[cH-]c(CC4CCCCC4)cc23)c1.Cc1cc(C)cc(-c2ccc(C)c3[cH-]c(CC4CCCCC4)cc23)c1.[Cl-].[Cl-]. The van der Waals surface area contributed by atoms with E-state index in [2.05, 4.69) is 140 Å². The Bertz CT molecular complexity index is 2010. The van der Waals surface area contributed by atoms with E-state index in [0.717, 1.165) is 11.8 Å². The summed E-state index contributed by atoms with van der Waals surface area (Å²) in [6.45, 7) is 17.9. The molecule has 8 rings (SSSR count). The van der Waals surface area contributed by atoms with Crippen molar-refractivity contribution in [3.05, 3.63) is 129 Å². The van der Waals surface area contributed by atoms with Crippen LogP contribution in [-0.2, 0) is 36.2 Å². The van der Waals surface area contributed by atoms with Gasteiger partial charge in [-0.3, -0.25) is 0 Å². The average Bonchev–Trinajstić information content (AvgIpc) is 3.74. The van der Waals surface area contributed by atoms with E-state index in [0.29, 0.717) is 0 Å². The first-order chi connectivity index (χ1) is 25.9. The topological polar surface area (TPSA) is 0 Å². The molecule has 2 aliphatic rings. The zero-order chi connectivity index (χ0) is 38.4. The van der Waals surface area contributed by atoms with E-state index in [4.69, 9.17) is 0 Å². The van der Waals surface area contributed by atoms with Gasteiger partial charge in [-0.25, -0.2) is 0 Å². The first-order valence-corrected chi connectivity index (χ1v) is 27.2. The van der Waals surface area contributed by atoms with Crippen LogP contribution >= 0.6 is 0 Å². The smallest absolute Gasteiger partial charge is 0.0274 e.